The van der Waals surface area contributed by atoms with Gasteiger partial charge >= 0.3 is 6.18 Å². The third-order valence-electron chi connectivity index (χ3n) is 9.42. The minimum absolute atomic E-state index is 0.0198. The van der Waals surface area contributed by atoms with Crippen LogP contribution in [-0.4, -0.2) is 64.9 Å². The van der Waals surface area contributed by atoms with E-state index >= 15 is 0 Å². The predicted octanol–water partition coefficient (Wildman–Crippen LogP) is 6.68. The van der Waals surface area contributed by atoms with Gasteiger partial charge in [-0.25, -0.2) is 4.39 Å². The summed E-state index contributed by atoms with van der Waals surface area (Å²) in [5.41, 5.74) is 0.477. The van der Waals surface area contributed by atoms with Crippen LogP contribution >= 0.6 is 11.6 Å². The standard InChI is InChI=1S/C30H36ClF4N3O/c1-20-19-37(16-17-38(20)21(2)22-4-6-23(7-5-22)30(33,34)35)28(3)12-14-36(15-13-28)27(39)29(10-11-29)24-8-9-26(32)25(31)18-24/h4-9,18,20-21H,10-17,19H2,1-3H3/t20-,21-/m0/s1. The Morgan fingerprint density at radius 2 is 1.64 bits per heavy atom. The molecule has 2 heterocycles. The number of piperidine rings is 1. The van der Waals surface area contributed by atoms with E-state index in [-0.39, 0.29) is 28.6 Å². The fourth-order valence-corrected chi connectivity index (χ4v) is 6.72. The van der Waals surface area contributed by atoms with E-state index in [1.54, 1.807) is 24.3 Å². The van der Waals surface area contributed by atoms with Crippen molar-refractivity contribution in [2.24, 2.45) is 0 Å². The Hall–Kier alpha value is -2.16. The van der Waals surface area contributed by atoms with Gasteiger partial charge in [-0.2, -0.15) is 13.2 Å². The van der Waals surface area contributed by atoms with E-state index in [4.69, 9.17) is 11.6 Å². The van der Waals surface area contributed by atoms with Crippen LogP contribution in [-0.2, 0) is 16.4 Å². The third kappa shape index (κ3) is 5.44. The predicted molar refractivity (Wildman–Crippen MR) is 144 cm³/mol. The highest BCUT2D eigenvalue weighted by molar-refractivity contribution is 6.30. The second-order valence-electron chi connectivity index (χ2n) is 11.8. The number of carbonyl (C=O) groups excluding carboxylic acids is 1. The molecule has 39 heavy (non-hydrogen) atoms. The van der Waals surface area contributed by atoms with E-state index in [2.05, 4.69) is 30.6 Å². The SMILES string of the molecule is C[C@H]1CN(C2(C)CCN(C(=O)C3(c4ccc(F)c(Cl)c4)CC3)CC2)CCN1[C@@H](C)c1ccc(C(F)(F)F)cc1. The van der Waals surface area contributed by atoms with Gasteiger partial charge in [0.25, 0.3) is 0 Å². The van der Waals surface area contributed by atoms with E-state index in [1.165, 1.54) is 18.2 Å². The second kappa shape index (κ2) is 10.3. The molecule has 1 aliphatic carbocycles. The second-order valence-corrected chi connectivity index (χ2v) is 12.2. The Balaban J connectivity index is 1.18. The minimum Gasteiger partial charge on any atom is -0.342 e. The van der Waals surface area contributed by atoms with Crippen molar-refractivity contribution < 1.29 is 22.4 Å². The molecule has 2 atom stereocenters. The van der Waals surface area contributed by atoms with Crippen LogP contribution in [0.4, 0.5) is 17.6 Å². The molecule has 3 aliphatic rings. The summed E-state index contributed by atoms with van der Waals surface area (Å²) >= 11 is 6.01. The first-order valence-corrected chi connectivity index (χ1v) is 14.1. The van der Waals surface area contributed by atoms with Gasteiger partial charge in [-0.1, -0.05) is 29.8 Å². The fraction of sp³-hybridized carbons (Fsp3) is 0.567. The number of nitrogens with zero attached hydrogens (tertiary/aromatic N) is 3. The first-order chi connectivity index (χ1) is 18.3. The summed E-state index contributed by atoms with van der Waals surface area (Å²) in [6, 6.07) is 10.4. The Labute approximate surface area is 232 Å². The quantitative estimate of drug-likeness (QED) is 0.379. The van der Waals surface area contributed by atoms with Crippen LogP contribution in [0.15, 0.2) is 42.5 Å². The van der Waals surface area contributed by atoms with Gasteiger partial charge in [-0.3, -0.25) is 14.6 Å². The van der Waals surface area contributed by atoms with Crippen LogP contribution in [0.25, 0.3) is 0 Å². The van der Waals surface area contributed by atoms with Gasteiger partial charge in [0.05, 0.1) is 16.0 Å². The first-order valence-electron chi connectivity index (χ1n) is 13.8. The van der Waals surface area contributed by atoms with E-state index in [1.807, 2.05) is 4.90 Å². The van der Waals surface area contributed by atoms with Gasteiger partial charge in [0.2, 0.25) is 5.91 Å². The largest absolute Gasteiger partial charge is 0.416 e. The summed E-state index contributed by atoms with van der Waals surface area (Å²) in [4.78, 5) is 20.4. The molecule has 2 saturated heterocycles. The summed E-state index contributed by atoms with van der Waals surface area (Å²) in [6.07, 6.45) is -1.05. The zero-order chi connectivity index (χ0) is 28.2. The van der Waals surface area contributed by atoms with Gasteiger partial charge < -0.3 is 4.90 Å². The molecule has 0 N–H and O–H groups in total. The number of likely N-dealkylation sites (tertiary alicyclic amines) is 1. The van der Waals surface area contributed by atoms with Gasteiger partial charge in [0.15, 0.2) is 0 Å². The van der Waals surface area contributed by atoms with E-state index in [0.717, 1.165) is 56.4 Å². The Morgan fingerprint density at radius 3 is 2.18 bits per heavy atom. The molecular formula is C30H36ClF4N3O. The number of carbonyl (C=O) groups is 1. The van der Waals surface area contributed by atoms with Crippen molar-refractivity contribution in [1.82, 2.24) is 14.7 Å². The highest BCUT2D eigenvalue weighted by atomic mass is 35.5. The molecule has 2 aromatic rings. The van der Waals surface area contributed by atoms with Crippen molar-refractivity contribution in [1.29, 1.82) is 0 Å². The monoisotopic (exact) mass is 565 g/mol. The first kappa shape index (κ1) is 28.4. The van der Waals surface area contributed by atoms with Crippen LogP contribution < -0.4 is 0 Å². The lowest BCUT2D eigenvalue weighted by atomic mass is 9.85. The van der Waals surface area contributed by atoms with E-state index in [9.17, 15) is 22.4 Å². The normalized spacial score (nSPS) is 24.4. The average Bonchev–Trinajstić information content (AvgIpc) is 3.72. The van der Waals surface area contributed by atoms with Crippen LogP contribution in [0, 0.1) is 5.82 Å². The molecule has 2 aliphatic heterocycles. The summed E-state index contributed by atoms with van der Waals surface area (Å²) in [6.45, 7) is 10.5. The molecule has 1 saturated carbocycles. The highest BCUT2D eigenvalue weighted by Crippen LogP contribution is 2.51. The maximum Gasteiger partial charge on any atom is 0.416 e. The molecule has 0 spiro atoms. The van der Waals surface area contributed by atoms with Crippen molar-refractivity contribution >= 4 is 17.5 Å². The number of halogens is 5. The summed E-state index contributed by atoms with van der Waals surface area (Å²) in [5.74, 6) is -0.351. The lowest BCUT2D eigenvalue weighted by Crippen LogP contribution is -2.62. The molecule has 3 fully saturated rings. The number of rotatable bonds is 5. The van der Waals surface area contributed by atoms with Crippen molar-refractivity contribution in [3.63, 3.8) is 0 Å². The molecule has 5 rings (SSSR count). The molecule has 4 nitrogen and oxygen atoms in total. The van der Waals surface area contributed by atoms with Crippen LogP contribution in [0.2, 0.25) is 5.02 Å². The van der Waals surface area contributed by atoms with Crippen LogP contribution in [0.1, 0.15) is 69.2 Å². The van der Waals surface area contributed by atoms with E-state index in [0.29, 0.717) is 13.1 Å². The molecule has 212 valence electrons. The minimum atomic E-state index is -4.33. The number of hydrogen-bond donors (Lipinski definition) is 0. The third-order valence-corrected chi connectivity index (χ3v) is 9.71. The highest BCUT2D eigenvalue weighted by Gasteiger charge is 2.54. The van der Waals surface area contributed by atoms with Crippen LogP contribution in [0.5, 0.6) is 0 Å². The summed E-state index contributed by atoms with van der Waals surface area (Å²) in [7, 11) is 0. The number of piperazine rings is 1. The van der Waals surface area contributed by atoms with E-state index < -0.39 is 23.0 Å². The summed E-state index contributed by atoms with van der Waals surface area (Å²) in [5, 5.41) is 0.0543. The Bertz CT molecular complexity index is 1210. The smallest absolute Gasteiger partial charge is 0.342 e. The average molecular weight is 566 g/mol. The molecule has 0 aromatic heterocycles. The molecule has 2 aromatic carbocycles. The number of benzene rings is 2. The van der Waals surface area contributed by atoms with Gasteiger partial charge in [0.1, 0.15) is 5.82 Å². The molecule has 9 heteroatoms. The van der Waals surface area contributed by atoms with Crippen molar-refractivity contribution in [3.05, 3.63) is 70.0 Å². The maximum atomic E-state index is 13.7. The Kier molecular flexibility index (Phi) is 7.53. The van der Waals surface area contributed by atoms with Gasteiger partial charge in [-0.15, -0.1) is 0 Å². The number of alkyl halides is 3. The zero-order valence-corrected chi connectivity index (χ0v) is 23.5. The maximum absolute atomic E-state index is 13.7. The topological polar surface area (TPSA) is 26.8 Å². The molecule has 1 amide bonds. The van der Waals surface area contributed by atoms with Crippen LogP contribution in [0.3, 0.4) is 0 Å². The van der Waals surface area contributed by atoms with Gasteiger partial charge in [0, 0.05) is 50.3 Å². The van der Waals surface area contributed by atoms with Crippen molar-refractivity contribution in [3.8, 4) is 0 Å². The lowest BCUT2D eigenvalue weighted by Gasteiger charge is -2.52. The fourth-order valence-electron chi connectivity index (χ4n) is 6.53. The van der Waals surface area contributed by atoms with Gasteiger partial charge in [-0.05, 0) is 81.8 Å². The number of hydrogen-bond acceptors (Lipinski definition) is 3. The molecular weight excluding hydrogens is 530 g/mol. The molecule has 0 bridgehead atoms. The Morgan fingerprint density at radius 1 is 1.00 bits per heavy atom. The van der Waals surface area contributed by atoms with Crippen molar-refractivity contribution in [2.45, 2.75) is 75.7 Å². The zero-order valence-electron chi connectivity index (χ0n) is 22.7. The van der Waals surface area contributed by atoms with Crippen molar-refractivity contribution in [2.75, 3.05) is 32.7 Å². The summed E-state index contributed by atoms with van der Waals surface area (Å²) < 4.78 is 52.6. The molecule has 0 unspecified atom stereocenters. The number of amides is 1. The molecule has 0 radical (unpaired) electrons. The lowest BCUT2D eigenvalue weighted by molar-refractivity contribution is -0.138.